The first-order valence-electron chi connectivity index (χ1n) is 7.65. The summed E-state index contributed by atoms with van der Waals surface area (Å²) >= 11 is 0. The maximum atomic E-state index is 12.4. The lowest BCUT2D eigenvalue weighted by molar-refractivity contribution is -0.128. The Kier molecular flexibility index (Phi) is 6.13. The third-order valence-electron chi connectivity index (χ3n) is 3.40. The van der Waals surface area contributed by atoms with Crippen molar-refractivity contribution in [3.63, 3.8) is 0 Å². The van der Waals surface area contributed by atoms with Gasteiger partial charge in [0.15, 0.2) is 6.10 Å². The highest BCUT2D eigenvalue weighted by Crippen LogP contribution is 2.27. The first kappa shape index (κ1) is 18.5. The zero-order valence-corrected chi connectivity index (χ0v) is 14.2. The van der Waals surface area contributed by atoms with E-state index in [1.54, 1.807) is 18.2 Å². The molecule has 0 saturated carbocycles. The largest absolute Gasteiger partial charge is 0.453 e. The molecule has 8 nitrogen and oxygen atoms in total. The van der Waals surface area contributed by atoms with Crippen molar-refractivity contribution >= 4 is 28.9 Å². The van der Waals surface area contributed by atoms with Crippen LogP contribution in [-0.4, -0.2) is 37.8 Å². The molecule has 2 aromatic rings. The van der Waals surface area contributed by atoms with Crippen molar-refractivity contribution in [1.82, 2.24) is 5.32 Å². The van der Waals surface area contributed by atoms with Crippen molar-refractivity contribution in [1.29, 1.82) is 0 Å². The lowest BCUT2D eigenvalue weighted by Crippen LogP contribution is -2.39. The van der Waals surface area contributed by atoms with Gasteiger partial charge in [0, 0.05) is 17.6 Å². The second kappa shape index (κ2) is 8.29. The molecule has 25 heavy (non-hydrogen) atoms. The van der Waals surface area contributed by atoms with E-state index in [9.17, 15) is 14.4 Å². The highest BCUT2D eigenvalue weighted by atomic mass is 16.6. The molecule has 0 saturated heterocycles. The van der Waals surface area contributed by atoms with Crippen LogP contribution in [0.25, 0.3) is 11.0 Å². The average molecular weight is 349 g/mol. The third-order valence-corrected chi connectivity index (χ3v) is 3.40. The molecule has 0 aliphatic heterocycles. The van der Waals surface area contributed by atoms with Crippen LogP contribution in [0, 0.1) is 0 Å². The van der Waals surface area contributed by atoms with Crippen LogP contribution in [0.3, 0.4) is 0 Å². The van der Waals surface area contributed by atoms with Crippen LogP contribution in [0.2, 0.25) is 0 Å². The molecule has 1 atom stereocenters. The third kappa shape index (κ3) is 4.36. The maximum absolute atomic E-state index is 12.4. The van der Waals surface area contributed by atoms with Crippen LogP contribution in [0.1, 0.15) is 30.0 Å². The van der Waals surface area contributed by atoms with Crippen LogP contribution in [0.4, 0.5) is 4.79 Å². The minimum atomic E-state index is -1.21. The number of benzene rings is 1. The van der Waals surface area contributed by atoms with E-state index in [-0.39, 0.29) is 12.4 Å². The SMILES string of the molecule is CCOCc1c(C(=O)O[C@@H](C)C(=O)NC(=O)OC)oc2ccccc12. The van der Waals surface area contributed by atoms with Gasteiger partial charge in [-0.25, -0.2) is 9.59 Å². The molecule has 0 aliphatic rings. The molecule has 1 heterocycles. The number of imide groups is 1. The number of alkyl carbamates (subject to hydrolysis) is 1. The fourth-order valence-electron chi connectivity index (χ4n) is 2.13. The van der Waals surface area contributed by atoms with Gasteiger partial charge in [-0.15, -0.1) is 0 Å². The van der Waals surface area contributed by atoms with Gasteiger partial charge in [-0.3, -0.25) is 10.1 Å². The summed E-state index contributed by atoms with van der Waals surface area (Å²) in [4.78, 5) is 35.2. The predicted octanol–water partition coefficient (Wildman–Crippen LogP) is 2.40. The minimum absolute atomic E-state index is 0.0348. The summed E-state index contributed by atoms with van der Waals surface area (Å²) in [6, 6.07) is 7.11. The number of nitrogens with one attached hydrogen (secondary N) is 1. The lowest BCUT2D eigenvalue weighted by Gasteiger charge is -2.12. The van der Waals surface area contributed by atoms with Crippen molar-refractivity contribution in [2.75, 3.05) is 13.7 Å². The number of methoxy groups -OCH3 is 1. The van der Waals surface area contributed by atoms with Crippen molar-refractivity contribution in [2.45, 2.75) is 26.6 Å². The van der Waals surface area contributed by atoms with Gasteiger partial charge in [-0.05, 0) is 19.9 Å². The predicted molar refractivity (Wildman–Crippen MR) is 87.0 cm³/mol. The van der Waals surface area contributed by atoms with Gasteiger partial charge in [0.05, 0.1) is 13.7 Å². The smallest absolute Gasteiger partial charge is 0.413 e. The van der Waals surface area contributed by atoms with E-state index in [1.165, 1.54) is 6.92 Å². The highest BCUT2D eigenvalue weighted by Gasteiger charge is 2.26. The van der Waals surface area contributed by atoms with E-state index >= 15 is 0 Å². The molecule has 1 aromatic carbocycles. The normalized spacial score (nSPS) is 11.8. The van der Waals surface area contributed by atoms with Gasteiger partial charge in [-0.1, -0.05) is 18.2 Å². The van der Waals surface area contributed by atoms with E-state index in [4.69, 9.17) is 13.9 Å². The fourth-order valence-corrected chi connectivity index (χ4v) is 2.13. The monoisotopic (exact) mass is 349 g/mol. The van der Waals surface area contributed by atoms with Gasteiger partial charge in [0.25, 0.3) is 5.91 Å². The van der Waals surface area contributed by atoms with E-state index in [1.807, 2.05) is 18.3 Å². The number of carbonyl (C=O) groups is 3. The Balaban J connectivity index is 2.20. The quantitative estimate of drug-likeness (QED) is 0.799. The summed E-state index contributed by atoms with van der Waals surface area (Å²) in [5, 5.41) is 2.66. The van der Waals surface area contributed by atoms with Crippen LogP contribution in [0.5, 0.6) is 0 Å². The molecule has 0 unspecified atom stereocenters. The number of esters is 1. The van der Waals surface area contributed by atoms with Gasteiger partial charge in [0.1, 0.15) is 5.58 Å². The summed E-state index contributed by atoms with van der Waals surface area (Å²) in [6.45, 7) is 3.80. The molecule has 1 aromatic heterocycles. The molecule has 134 valence electrons. The number of rotatable bonds is 6. The second-order valence-electron chi connectivity index (χ2n) is 5.07. The van der Waals surface area contributed by atoms with E-state index in [0.717, 1.165) is 12.5 Å². The summed E-state index contributed by atoms with van der Waals surface area (Å²) in [6.07, 6.45) is -2.14. The summed E-state index contributed by atoms with van der Waals surface area (Å²) < 4.78 is 20.4. The Bertz CT molecular complexity index is 780. The lowest BCUT2D eigenvalue weighted by atomic mass is 10.1. The second-order valence-corrected chi connectivity index (χ2v) is 5.07. The first-order chi connectivity index (χ1) is 12.0. The number of ether oxygens (including phenoxy) is 3. The Morgan fingerprint density at radius 1 is 1.24 bits per heavy atom. The minimum Gasteiger partial charge on any atom is -0.453 e. The summed E-state index contributed by atoms with van der Waals surface area (Å²) in [5.41, 5.74) is 1.05. The Labute approximate surface area is 144 Å². The van der Waals surface area contributed by atoms with Gasteiger partial charge >= 0.3 is 12.1 Å². The van der Waals surface area contributed by atoms with Crippen molar-refractivity contribution in [3.8, 4) is 0 Å². The van der Waals surface area contributed by atoms with Gasteiger partial charge in [0.2, 0.25) is 5.76 Å². The van der Waals surface area contributed by atoms with Crippen molar-refractivity contribution in [2.24, 2.45) is 0 Å². The van der Waals surface area contributed by atoms with Gasteiger partial charge < -0.3 is 18.6 Å². The van der Waals surface area contributed by atoms with Crippen LogP contribution < -0.4 is 5.32 Å². The highest BCUT2D eigenvalue weighted by molar-refractivity contribution is 5.99. The number of furan rings is 1. The number of para-hydroxylation sites is 1. The fraction of sp³-hybridized carbons (Fsp3) is 0.353. The molecule has 2 rings (SSSR count). The van der Waals surface area contributed by atoms with E-state index < -0.39 is 24.1 Å². The van der Waals surface area contributed by atoms with Crippen LogP contribution in [0.15, 0.2) is 28.7 Å². The molecule has 8 heteroatoms. The zero-order chi connectivity index (χ0) is 18.4. The molecular weight excluding hydrogens is 330 g/mol. The standard InChI is InChI=1S/C17H19NO7/c1-4-23-9-12-11-7-5-6-8-13(11)25-14(12)16(20)24-10(2)15(19)18-17(21)22-3/h5-8,10H,4,9H2,1-3H3,(H,18,19,21)/t10-/m0/s1. The van der Waals surface area contributed by atoms with Crippen molar-refractivity contribution < 1.29 is 33.0 Å². The number of hydrogen-bond acceptors (Lipinski definition) is 7. The topological polar surface area (TPSA) is 104 Å². The molecule has 1 N–H and O–H groups in total. The Hall–Kier alpha value is -2.87. The number of hydrogen-bond donors (Lipinski definition) is 1. The Morgan fingerprint density at radius 3 is 2.64 bits per heavy atom. The molecule has 0 bridgehead atoms. The zero-order valence-electron chi connectivity index (χ0n) is 14.2. The number of fused-ring (bicyclic) bond motifs is 1. The first-order valence-corrected chi connectivity index (χ1v) is 7.65. The van der Waals surface area contributed by atoms with Crippen LogP contribution >= 0.6 is 0 Å². The van der Waals surface area contributed by atoms with Crippen LogP contribution in [-0.2, 0) is 25.6 Å². The number of amides is 2. The number of carbonyl (C=O) groups excluding carboxylic acids is 3. The van der Waals surface area contributed by atoms with Crippen molar-refractivity contribution in [3.05, 3.63) is 35.6 Å². The maximum Gasteiger partial charge on any atom is 0.413 e. The Morgan fingerprint density at radius 2 is 1.96 bits per heavy atom. The average Bonchev–Trinajstić information content (AvgIpc) is 2.98. The summed E-state index contributed by atoms with van der Waals surface area (Å²) in [7, 11) is 1.12. The molecule has 0 fully saturated rings. The molecule has 0 spiro atoms. The van der Waals surface area contributed by atoms with E-state index in [2.05, 4.69) is 4.74 Å². The molecule has 2 amide bonds. The molecule has 0 aliphatic carbocycles. The molecular formula is C17H19NO7. The van der Waals surface area contributed by atoms with Gasteiger partial charge in [-0.2, -0.15) is 0 Å². The molecule has 0 radical (unpaired) electrons. The summed E-state index contributed by atoms with van der Waals surface area (Å²) in [5.74, 6) is -1.66. The van der Waals surface area contributed by atoms with E-state index in [0.29, 0.717) is 17.8 Å².